The van der Waals surface area contributed by atoms with Crippen LogP contribution in [0.3, 0.4) is 0 Å². The van der Waals surface area contributed by atoms with Crippen LogP contribution in [0, 0.1) is 0 Å². The highest BCUT2D eigenvalue weighted by molar-refractivity contribution is 6.09. The van der Waals surface area contributed by atoms with Crippen molar-refractivity contribution in [3.8, 4) is 44.5 Å². The molecule has 0 radical (unpaired) electrons. The van der Waals surface area contributed by atoms with Crippen LogP contribution in [0.1, 0.15) is 61.8 Å². The van der Waals surface area contributed by atoms with E-state index in [-0.39, 0.29) is 84.2 Å². The summed E-state index contributed by atoms with van der Waals surface area (Å²) >= 11 is 0. The number of anilines is 3. The summed E-state index contributed by atoms with van der Waals surface area (Å²) in [5.74, 6) is 0. The first-order chi connectivity index (χ1) is 39.2. The summed E-state index contributed by atoms with van der Waals surface area (Å²) in [6, 6.07) is 1.76. The minimum Gasteiger partial charge on any atom is -0.456 e. The van der Waals surface area contributed by atoms with Crippen molar-refractivity contribution < 1.29 is 41.4 Å². The molecule has 9 aromatic carbocycles. The van der Waals surface area contributed by atoms with Crippen molar-refractivity contribution in [1.29, 1.82) is 0 Å². The molecule has 57 heavy (non-hydrogen) atoms. The van der Waals surface area contributed by atoms with E-state index in [0.717, 1.165) is 29.2 Å². The largest absolute Gasteiger partial charge is 0.456 e. The number of furan rings is 1. The van der Waals surface area contributed by atoms with Gasteiger partial charge >= 0.3 is 0 Å². The van der Waals surface area contributed by atoms with Gasteiger partial charge in [0, 0.05) is 41.5 Å². The third kappa shape index (κ3) is 5.40. The number of fused-ring (bicyclic) bond motifs is 7. The molecule has 1 aromatic heterocycles. The second kappa shape index (κ2) is 13.0. The summed E-state index contributed by atoms with van der Waals surface area (Å²) in [7, 11) is 0. The van der Waals surface area contributed by atoms with Crippen LogP contribution in [0.25, 0.3) is 77.2 Å². The summed E-state index contributed by atoms with van der Waals surface area (Å²) in [5.41, 5.74) is -7.67. The number of rotatable bonds is 6. The number of benzene rings is 9. The Bertz CT molecular complexity index is 4590. The first-order valence-corrected chi connectivity index (χ1v) is 17.5. The van der Waals surface area contributed by atoms with E-state index in [1.165, 1.54) is 48.5 Å². The Kier molecular flexibility index (Phi) is 3.59. The molecular weight excluding hydrogens is 691 g/mol. The van der Waals surface area contributed by atoms with E-state index in [2.05, 4.69) is 0 Å². The minimum absolute atomic E-state index is 0.0426. The van der Waals surface area contributed by atoms with Crippen LogP contribution in [-0.4, -0.2) is 0 Å². The Labute approximate surface area is 370 Å². The van der Waals surface area contributed by atoms with Gasteiger partial charge in [0.05, 0.1) is 28.8 Å². The van der Waals surface area contributed by atoms with Crippen LogP contribution in [-0.2, 0) is 5.41 Å². The van der Waals surface area contributed by atoms with Crippen molar-refractivity contribution in [2.75, 3.05) is 4.90 Å². The van der Waals surface area contributed by atoms with Gasteiger partial charge in [-0.15, -0.1) is 0 Å². The molecule has 0 N–H and O–H groups in total. The Hall–Kier alpha value is -7.16. The molecule has 0 fully saturated rings. The van der Waals surface area contributed by atoms with E-state index < -0.39 is 167 Å². The van der Waals surface area contributed by atoms with Crippen LogP contribution in [0.4, 0.5) is 17.1 Å². The Morgan fingerprint density at radius 1 is 0.439 bits per heavy atom. The molecule has 11 rings (SSSR count). The molecule has 1 aliphatic rings. The molecule has 0 atom stereocenters. The Morgan fingerprint density at radius 2 is 1.23 bits per heavy atom. The summed E-state index contributed by atoms with van der Waals surface area (Å²) < 4.78 is 247. The topological polar surface area (TPSA) is 16.4 Å². The van der Waals surface area contributed by atoms with Gasteiger partial charge < -0.3 is 9.32 Å². The molecule has 0 amide bonds. The molecule has 0 saturated heterocycles. The summed E-state index contributed by atoms with van der Waals surface area (Å²) in [4.78, 5) is 1.07. The average molecular weight is 757 g/mol. The van der Waals surface area contributed by atoms with Crippen molar-refractivity contribution in [3.63, 3.8) is 0 Å². The highest BCUT2D eigenvalue weighted by Crippen LogP contribution is 2.51. The molecule has 1 heterocycles. The Morgan fingerprint density at radius 3 is 2.16 bits per heavy atom. The summed E-state index contributed by atoms with van der Waals surface area (Å²) in [6.45, 7) is -7.20. The van der Waals surface area contributed by atoms with Crippen LogP contribution < -0.4 is 4.90 Å². The van der Waals surface area contributed by atoms with E-state index in [0.29, 0.717) is 0 Å². The van der Waals surface area contributed by atoms with Gasteiger partial charge in [0.15, 0.2) is 0 Å². The quantitative estimate of drug-likeness (QED) is 0.168. The van der Waals surface area contributed by atoms with Crippen molar-refractivity contribution in [2.24, 2.45) is 0 Å². The van der Waals surface area contributed by atoms with Gasteiger partial charge in [-0.05, 0) is 121 Å². The van der Waals surface area contributed by atoms with Crippen molar-refractivity contribution >= 4 is 49.8 Å². The molecule has 2 nitrogen and oxygen atoms in total. The second-order valence-corrected chi connectivity index (χ2v) is 13.2. The standard InChI is InChI=1S/C55H39NO/c1-55(2)50-18-10-8-16-46(50)47-33-30-43(35-51(47)55)56(41-26-20-37(21-27-41)36-12-4-3-5-13-36)42-28-22-39(23-29-42)45-31-24-38-14-6-7-15-44(38)54(45)40-25-32-49-48-17-9-11-19-52(48)57-53(49)34-40/h3-35H,1-2H3/i1D3,2D3,3D,4D,5D,6D,7D,8D,9D,10D,11D,12D,14D,15D,16D,19D,22D,24D,29D,30D,31D,34D,35D. The first kappa shape index (κ1) is 15.8. The third-order valence-electron chi connectivity index (χ3n) is 9.99. The van der Waals surface area contributed by atoms with Gasteiger partial charge in [0.2, 0.25) is 0 Å². The fraction of sp³-hybridized carbons (Fsp3) is 0.0545. The number of nitrogens with zero attached hydrogens (tertiary/aromatic N) is 1. The van der Waals surface area contributed by atoms with Gasteiger partial charge in [0.1, 0.15) is 11.2 Å². The fourth-order valence-corrected chi connectivity index (χ4v) is 7.31. The monoisotopic (exact) mass is 756 g/mol. The summed E-state index contributed by atoms with van der Waals surface area (Å²) in [6.07, 6.45) is 0. The molecular formula is C55H39NO. The van der Waals surface area contributed by atoms with Gasteiger partial charge in [-0.25, -0.2) is 0 Å². The van der Waals surface area contributed by atoms with E-state index in [9.17, 15) is 11.0 Å². The van der Waals surface area contributed by atoms with Crippen molar-refractivity contribution in [1.82, 2.24) is 0 Å². The SMILES string of the molecule is [2H]c1cc(N(c2ccc(-c3cc([2H])c([2H])c([2H])c3[2H])cc2)c2c([2H])cc3c(c2[2H])C(C([2H])([2H])[2H])(C([2H])([2H])[2H])c2cc([2H])c([2H])c([2H])c2-3)c([2H])cc1-c1c([2H])c([2H])c2c([2H])c([2H])c([2H])c([2H])c2c1-c1ccc2c(oc3c([2H])c([2H])c([2H])cc32)c1[2H]. The maximum Gasteiger partial charge on any atom is 0.136 e. The summed E-state index contributed by atoms with van der Waals surface area (Å²) in [5, 5.41) is -0.403. The highest BCUT2D eigenvalue weighted by atomic mass is 16.3. The lowest BCUT2D eigenvalue weighted by molar-refractivity contribution is 0.660. The average Bonchev–Trinajstić information content (AvgIpc) is 1.99. The smallest absolute Gasteiger partial charge is 0.136 e. The van der Waals surface area contributed by atoms with Crippen molar-refractivity contribution in [2.45, 2.75) is 19.1 Å². The van der Waals surface area contributed by atoms with Crippen LogP contribution in [0.15, 0.2) is 204 Å². The third-order valence-corrected chi connectivity index (χ3v) is 9.99. The molecule has 0 unspecified atom stereocenters. The predicted octanol–water partition coefficient (Wildman–Crippen LogP) is 15.5. The van der Waals surface area contributed by atoms with Gasteiger partial charge in [0.25, 0.3) is 0 Å². The maximum atomic E-state index is 10.0. The van der Waals surface area contributed by atoms with E-state index >= 15 is 0 Å². The number of hydrogen-bond donors (Lipinski definition) is 0. The number of para-hydroxylation sites is 1. The molecule has 1 aliphatic carbocycles. The molecule has 0 saturated carbocycles. The zero-order valence-electron chi connectivity index (χ0n) is 56.3. The molecule has 0 bridgehead atoms. The lowest BCUT2D eigenvalue weighted by Gasteiger charge is -2.28. The molecule has 2 heteroatoms. The molecule has 10 aromatic rings. The van der Waals surface area contributed by atoms with Gasteiger partial charge in [-0.2, -0.15) is 0 Å². The normalized spacial score (nSPS) is 20.0. The highest BCUT2D eigenvalue weighted by Gasteiger charge is 2.35. The number of hydrogen-bond acceptors (Lipinski definition) is 2. The van der Waals surface area contributed by atoms with Crippen molar-refractivity contribution in [3.05, 3.63) is 211 Å². The molecule has 270 valence electrons. The van der Waals surface area contributed by atoms with Crippen LogP contribution >= 0.6 is 0 Å². The van der Waals surface area contributed by atoms with Crippen LogP contribution in [0.5, 0.6) is 0 Å². The fourth-order valence-electron chi connectivity index (χ4n) is 7.31. The van der Waals surface area contributed by atoms with Gasteiger partial charge in [-0.3, -0.25) is 0 Å². The van der Waals surface area contributed by atoms with Crippen LogP contribution in [0.2, 0.25) is 0 Å². The first-order valence-electron chi connectivity index (χ1n) is 31.0. The van der Waals surface area contributed by atoms with E-state index in [4.69, 9.17) is 30.5 Å². The van der Waals surface area contributed by atoms with Gasteiger partial charge in [-0.1, -0.05) is 159 Å². The lowest BCUT2D eigenvalue weighted by Crippen LogP contribution is -2.16. The lowest BCUT2D eigenvalue weighted by atomic mass is 9.82. The molecule has 0 spiro atoms. The second-order valence-electron chi connectivity index (χ2n) is 13.2. The maximum absolute atomic E-state index is 10.0. The zero-order chi connectivity index (χ0) is 61.4. The molecule has 0 aliphatic heterocycles. The zero-order valence-corrected chi connectivity index (χ0v) is 29.3. The minimum atomic E-state index is -3.60. The predicted molar refractivity (Wildman–Crippen MR) is 240 cm³/mol. The van der Waals surface area contributed by atoms with E-state index in [1.54, 1.807) is 0 Å². The van der Waals surface area contributed by atoms with E-state index in [1.807, 2.05) is 0 Å². The Balaban J connectivity index is 1.23.